The van der Waals surface area contributed by atoms with E-state index >= 15 is 0 Å². The minimum atomic E-state index is -1.15. The highest BCUT2D eigenvalue weighted by Gasteiger charge is 2.05. The molecule has 0 radical (unpaired) electrons. The van der Waals surface area contributed by atoms with Gasteiger partial charge >= 0.3 is 5.97 Å². The fourth-order valence-electron chi connectivity index (χ4n) is 1.62. The average molecular weight is 279 g/mol. The second-order valence-electron chi connectivity index (χ2n) is 4.05. The van der Waals surface area contributed by atoms with E-state index in [2.05, 4.69) is 15.3 Å². The van der Waals surface area contributed by atoms with Gasteiger partial charge in [0.15, 0.2) is 5.69 Å². The van der Waals surface area contributed by atoms with Gasteiger partial charge in [-0.25, -0.2) is 23.5 Å². The van der Waals surface area contributed by atoms with Gasteiger partial charge in [0, 0.05) is 12.6 Å². The number of aromatic carboxylic acids is 1. The molecule has 20 heavy (non-hydrogen) atoms. The molecule has 104 valence electrons. The Balaban J connectivity index is 1.90. The Hall–Kier alpha value is -2.57. The van der Waals surface area contributed by atoms with Crippen LogP contribution in [0.4, 0.5) is 14.6 Å². The van der Waals surface area contributed by atoms with Crippen LogP contribution in [0, 0.1) is 11.6 Å². The quantitative estimate of drug-likeness (QED) is 0.876. The zero-order chi connectivity index (χ0) is 14.5. The Morgan fingerprint density at radius 1 is 1.15 bits per heavy atom. The minimum Gasteiger partial charge on any atom is -0.476 e. The van der Waals surface area contributed by atoms with Gasteiger partial charge < -0.3 is 10.4 Å². The van der Waals surface area contributed by atoms with Gasteiger partial charge in [-0.3, -0.25) is 0 Å². The number of aromatic nitrogens is 2. The fourth-order valence-corrected chi connectivity index (χ4v) is 1.62. The van der Waals surface area contributed by atoms with Crippen LogP contribution in [0.25, 0.3) is 0 Å². The average Bonchev–Trinajstić information content (AvgIpc) is 2.38. The highest BCUT2D eigenvalue weighted by Crippen LogP contribution is 2.09. The number of halogens is 2. The van der Waals surface area contributed by atoms with Crippen molar-refractivity contribution in [3.63, 3.8) is 0 Å². The summed E-state index contributed by atoms with van der Waals surface area (Å²) >= 11 is 0. The first-order valence-corrected chi connectivity index (χ1v) is 5.79. The van der Waals surface area contributed by atoms with Crippen LogP contribution < -0.4 is 5.32 Å². The van der Waals surface area contributed by atoms with Gasteiger partial charge in [0.1, 0.15) is 17.5 Å². The van der Waals surface area contributed by atoms with Gasteiger partial charge in [-0.15, -0.1) is 0 Å². The van der Waals surface area contributed by atoms with Crippen LogP contribution >= 0.6 is 0 Å². The molecule has 1 aromatic heterocycles. The number of carboxylic acids is 1. The SMILES string of the molecule is O=C(O)c1cnc(NCCc2cc(F)cc(F)c2)cn1. The van der Waals surface area contributed by atoms with Crippen LogP contribution in [0.5, 0.6) is 0 Å². The first kappa shape index (κ1) is 13.9. The van der Waals surface area contributed by atoms with E-state index in [4.69, 9.17) is 5.11 Å². The summed E-state index contributed by atoms with van der Waals surface area (Å²) in [5.41, 5.74) is 0.368. The lowest BCUT2D eigenvalue weighted by atomic mass is 10.1. The number of nitrogens with zero attached hydrogens (tertiary/aromatic N) is 2. The molecule has 0 saturated carbocycles. The third kappa shape index (κ3) is 3.71. The number of hydrogen-bond acceptors (Lipinski definition) is 4. The lowest BCUT2D eigenvalue weighted by Crippen LogP contribution is -2.08. The molecule has 1 heterocycles. The minimum absolute atomic E-state index is 0.150. The molecule has 2 rings (SSSR count). The summed E-state index contributed by atoms with van der Waals surface area (Å²) in [6.45, 7) is 0.393. The van der Waals surface area contributed by atoms with Gasteiger partial charge in [-0.2, -0.15) is 0 Å². The molecule has 0 atom stereocenters. The van der Waals surface area contributed by atoms with Crippen LogP contribution in [0.1, 0.15) is 16.1 Å². The maximum absolute atomic E-state index is 13.0. The Morgan fingerprint density at radius 3 is 2.40 bits per heavy atom. The molecule has 1 aromatic carbocycles. The van der Waals surface area contributed by atoms with E-state index in [9.17, 15) is 13.6 Å². The van der Waals surface area contributed by atoms with Gasteiger partial charge in [0.05, 0.1) is 12.4 Å². The van der Waals surface area contributed by atoms with Crippen molar-refractivity contribution in [1.82, 2.24) is 9.97 Å². The standard InChI is InChI=1S/C13H11F2N3O2/c14-9-3-8(4-10(15)5-9)1-2-16-12-7-17-11(6-18-12)13(19)20/h3-7H,1-2H2,(H,16,18)(H,19,20). The molecule has 0 amide bonds. The van der Waals surface area contributed by atoms with E-state index in [1.54, 1.807) is 0 Å². The Morgan fingerprint density at radius 2 is 1.85 bits per heavy atom. The van der Waals surface area contributed by atoms with Crippen LogP contribution in [-0.4, -0.2) is 27.6 Å². The van der Waals surface area contributed by atoms with Crippen LogP contribution in [-0.2, 0) is 6.42 Å². The van der Waals surface area contributed by atoms with Gasteiger partial charge in [-0.1, -0.05) is 0 Å². The number of benzene rings is 1. The Labute approximate surface area is 113 Å². The number of anilines is 1. The number of nitrogens with one attached hydrogen (secondary N) is 1. The lowest BCUT2D eigenvalue weighted by molar-refractivity contribution is 0.0690. The first-order chi connectivity index (χ1) is 9.54. The summed E-state index contributed by atoms with van der Waals surface area (Å²) in [6, 6.07) is 3.32. The summed E-state index contributed by atoms with van der Waals surface area (Å²) in [4.78, 5) is 18.1. The van der Waals surface area contributed by atoms with Crippen molar-refractivity contribution in [2.24, 2.45) is 0 Å². The van der Waals surface area contributed by atoms with E-state index in [0.29, 0.717) is 24.3 Å². The van der Waals surface area contributed by atoms with Gasteiger partial charge in [-0.05, 0) is 24.1 Å². The van der Waals surface area contributed by atoms with E-state index in [0.717, 1.165) is 12.3 Å². The van der Waals surface area contributed by atoms with E-state index in [1.165, 1.54) is 18.3 Å². The highest BCUT2D eigenvalue weighted by molar-refractivity contribution is 5.84. The smallest absolute Gasteiger partial charge is 0.356 e. The number of carboxylic acid groups (broad SMARTS) is 1. The molecule has 0 spiro atoms. The maximum Gasteiger partial charge on any atom is 0.356 e. The van der Waals surface area contributed by atoms with Crippen molar-refractivity contribution >= 4 is 11.8 Å². The van der Waals surface area contributed by atoms with Crippen molar-refractivity contribution in [3.05, 3.63) is 53.5 Å². The second kappa shape index (κ2) is 6.05. The largest absolute Gasteiger partial charge is 0.476 e. The molecule has 2 aromatic rings. The van der Waals surface area contributed by atoms with Crippen LogP contribution in [0.2, 0.25) is 0 Å². The summed E-state index contributed by atoms with van der Waals surface area (Å²) in [6.07, 6.45) is 2.82. The third-order valence-corrected chi connectivity index (χ3v) is 2.51. The predicted molar refractivity (Wildman–Crippen MR) is 67.5 cm³/mol. The molecular weight excluding hydrogens is 268 g/mol. The molecule has 0 aliphatic rings. The van der Waals surface area contributed by atoms with Crippen molar-refractivity contribution in [3.8, 4) is 0 Å². The summed E-state index contributed by atoms with van der Waals surface area (Å²) in [5.74, 6) is -2.00. The van der Waals surface area contributed by atoms with E-state index < -0.39 is 17.6 Å². The summed E-state index contributed by atoms with van der Waals surface area (Å²) < 4.78 is 25.9. The molecule has 0 aliphatic heterocycles. The number of carbonyl (C=O) groups is 1. The molecule has 0 aliphatic carbocycles. The van der Waals surface area contributed by atoms with E-state index in [1.807, 2.05) is 0 Å². The Bertz CT molecular complexity index is 597. The number of hydrogen-bond donors (Lipinski definition) is 2. The predicted octanol–water partition coefficient (Wildman–Crippen LogP) is 2.11. The fraction of sp³-hybridized carbons (Fsp3) is 0.154. The summed E-state index contributed by atoms with van der Waals surface area (Å²) in [5, 5.41) is 11.5. The highest BCUT2D eigenvalue weighted by atomic mass is 19.1. The van der Waals surface area contributed by atoms with Crippen molar-refractivity contribution in [1.29, 1.82) is 0 Å². The normalized spacial score (nSPS) is 10.3. The maximum atomic E-state index is 13.0. The molecule has 5 nitrogen and oxygen atoms in total. The molecule has 2 N–H and O–H groups in total. The zero-order valence-corrected chi connectivity index (χ0v) is 10.3. The molecule has 0 saturated heterocycles. The van der Waals surface area contributed by atoms with Gasteiger partial charge in [0.25, 0.3) is 0 Å². The van der Waals surface area contributed by atoms with Crippen LogP contribution in [0.15, 0.2) is 30.6 Å². The lowest BCUT2D eigenvalue weighted by Gasteiger charge is -2.05. The molecule has 0 bridgehead atoms. The zero-order valence-electron chi connectivity index (χ0n) is 10.3. The molecular formula is C13H11F2N3O2. The van der Waals surface area contributed by atoms with E-state index in [-0.39, 0.29) is 5.69 Å². The summed E-state index contributed by atoms with van der Waals surface area (Å²) in [7, 11) is 0. The second-order valence-corrected chi connectivity index (χ2v) is 4.05. The first-order valence-electron chi connectivity index (χ1n) is 5.79. The third-order valence-electron chi connectivity index (χ3n) is 2.51. The number of rotatable bonds is 5. The monoisotopic (exact) mass is 279 g/mol. The van der Waals surface area contributed by atoms with Crippen molar-refractivity contribution in [2.45, 2.75) is 6.42 Å². The van der Waals surface area contributed by atoms with Gasteiger partial charge in [0.2, 0.25) is 0 Å². The topological polar surface area (TPSA) is 75.1 Å². The van der Waals surface area contributed by atoms with Crippen molar-refractivity contribution < 1.29 is 18.7 Å². The molecule has 0 unspecified atom stereocenters. The molecule has 0 fully saturated rings. The Kier molecular flexibility index (Phi) is 4.19. The van der Waals surface area contributed by atoms with Crippen molar-refractivity contribution in [2.75, 3.05) is 11.9 Å². The molecule has 7 heteroatoms. The van der Waals surface area contributed by atoms with Crippen LogP contribution in [0.3, 0.4) is 0 Å².